The summed E-state index contributed by atoms with van der Waals surface area (Å²) in [6.07, 6.45) is 0.502. The summed E-state index contributed by atoms with van der Waals surface area (Å²) in [5.74, 6) is 0.835. The zero-order chi connectivity index (χ0) is 19.4. The first-order chi connectivity index (χ1) is 12.8. The van der Waals surface area contributed by atoms with Gasteiger partial charge in [-0.2, -0.15) is 0 Å². The molecule has 8 heteroatoms. The molecule has 0 aliphatic carbocycles. The lowest BCUT2D eigenvalue weighted by atomic mass is 10.2. The number of para-hydroxylation sites is 1. The normalized spacial score (nSPS) is 17.4. The Bertz CT molecular complexity index is 794. The van der Waals surface area contributed by atoms with E-state index in [4.69, 9.17) is 4.74 Å². The van der Waals surface area contributed by atoms with Gasteiger partial charge in [0.25, 0.3) is 0 Å². The van der Waals surface area contributed by atoms with Gasteiger partial charge in [0.05, 0.1) is 12.6 Å². The topological polar surface area (TPSA) is 81.8 Å². The molecule has 1 aliphatic heterocycles. The fourth-order valence-electron chi connectivity index (χ4n) is 3.28. The number of hydrogen-bond acceptors (Lipinski definition) is 3. The lowest BCUT2D eigenvalue weighted by molar-refractivity contribution is 0.0507. The van der Waals surface area contributed by atoms with Crippen molar-refractivity contribution in [3.8, 4) is 0 Å². The van der Waals surface area contributed by atoms with Crippen LogP contribution in [0.1, 0.15) is 32.9 Å². The zero-order valence-electron chi connectivity index (χ0n) is 16.9. The van der Waals surface area contributed by atoms with E-state index in [0.29, 0.717) is 13.1 Å². The van der Waals surface area contributed by atoms with Crippen molar-refractivity contribution in [2.24, 2.45) is 4.99 Å². The molecule has 154 valence electrons. The van der Waals surface area contributed by atoms with E-state index in [-0.39, 0.29) is 36.1 Å². The van der Waals surface area contributed by atoms with Crippen LogP contribution in [0.15, 0.2) is 35.3 Å². The standard InChI is InChI=1S/C20H29N5O2.HI/c1-20(2,3)27-19(26)24-15-9-10-25(13-15)18(21-4)22-12-16-11-14-7-5-6-8-17(14)23-16;/h5-8,11,15,23H,9-10,12-13H2,1-4H3,(H,21,22)(H,24,26);1H. The van der Waals surface area contributed by atoms with Gasteiger partial charge in [0.2, 0.25) is 0 Å². The molecule has 1 aromatic carbocycles. The maximum absolute atomic E-state index is 12.0. The molecule has 0 bridgehead atoms. The summed E-state index contributed by atoms with van der Waals surface area (Å²) in [7, 11) is 1.78. The van der Waals surface area contributed by atoms with Gasteiger partial charge in [-0.25, -0.2) is 4.79 Å². The number of carbonyl (C=O) groups excluding carboxylic acids is 1. The van der Waals surface area contributed by atoms with Gasteiger partial charge in [-0.15, -0.1) is 24.0 Å². The summed E-state index contributed by atoms with van der Waals surface area (Å²) >= 11 is 0. The Morgan fingerprint density at radius 2 is 2.11 bits per heavy atom. The van der Waals surface area contributed by atoms with Gasteiger partial charge < -0.3 is 25.3 Å². The molecule has 1 atom stereocenters. The average molecular weight is 499 g/mol. The summed E-state index contributed by atoms with van der Waals surface area (Å²) in [4.78, 5) is 21.9. The van der Waals surface area contributed by atoms with E-state index in [9.17, 15) is 4.79 Å². The molecule has 0 spiro atoms. The number of aromatic amines is 1. The highest BCUT2D eigenvalue weighted by molar-refractivity contribution is 14.0. The number of aromatic nitrogens is 1. The number of aliphatic imine (C=N–C) groups is 1. The first kappa shape index (κ1) is 22.3. The fraction of sp³-hybridized carbons (Fsp3) is 0.500. The number of hydrogen-bond donors (Lipinski definition) is 3. The summed E-state index contributed by atoms with van der Waals surface area (Å²) < 4.78 is 5.34. The van der Waals surface area contributed by atoms with Crippen LogP contribution in [0.5, 0.6) is 0 Å². The summed E-state index contributed by atoms with van der Waals surface area (Å²) in [6.45, 7) is 7.82. The van der Waals surface area contributed by atoms with Crippen LogP contribution < -0.4 is 10.6 Å². The second-order valence-corrected chi connectivity index (χ2v) is 7.86. The predicted octanol–water partition coefficient (Wildman–Crippen LogP) is 3.46. The Morgan fingerprint density at radius 3 is 2.79 bits per heavy atom. The van der Waals surface area contributed by atoms with Gasteiger partial charge in [-0.3, -0.25) is 4.99 Å². The zero-order valence-corrected chi connectivity index (χ0v) is 19.2. The summed E-state index contributed by atoms with van der Waals surface area (Å²) in [5.41, 5.74) is 1.76. The maximum Gasteiger partial charge on any atom is 0.407 e. The number of alkyl carbamates (subject to hydrolysis) is 1. The van der Waals surface area contributed by atoms with Crippen LogP contribution in [0, 0.1) is 0 Å². The molecule has 3 rings (SSSR count). The van der Waals surface area contributed by atoms with E-state index >= 15 is 0 Å². The average Bonchev–Trinajstić information content (AvgIpc) is 3.20. The number of amides is 1. The van der Waals surface area contributed by atoms with Crippen molar-refractivity contribution < 1.29 is 9.53 Å². The minimum absolute atomic E-state index is 0. The van der Waals surface area contributed by atoms with E-state index in [1.54, 1.807) is 7.05 Å². The molecule has 28 heavy (non-hydrogen) atoms. The van der Waals surface area contributed by atoms with Crippen molar-refractivity contribution in [2.45, 2.75) is 45.4 Å². The first-order valence-electron chi connectivity index (χ1n) is 9.36. The summed E-state index contributed by atoms with van der Waals surface area (Å²) in [6, 6.07) is 10.4. The minimum atomic E-state index is -0.487. The van der Waals surface area contributed by atoms with Crippen LogP contribution in [0.25, 0.3) is 10.9 Å². The number of ether oxygens (including phenoxy) is 1. The van der Waals surface area contributed by atoms with E-state index in [0.717, 1.165) is 30.1 Å². The molecule has 1 saturated heterocycles. The molecular formula is C20H30IN5O2. The van der Waals surface area contributed by atoms with Crippen LogP contribution in [0.2, 0.25) is 0 Å². The Kier molecular flexibility index (Phi) is 7.56. The van der Waals surface area contributed by atoms with Gasteiger partial charge in [0.15, 0.2) is 5.96 Å². The Hall–Kier alpha value is -1.97. The highest BCUT2D eigenvalue weighted by Crippen LogP contribution is 2.15. The molecule has 2 heterocycles. The number of nitrogens with one attached hydrogen (secondary N) is 3. The Labute approximate surface area is 183 Å². The van der Waals surface area contributed by atoms with Crippen LogP contribution in [-0.4, -0.2) is 53.7 Å². The molecular weight excluding hydrogens is 469 g/mol. The molecule has 2 aromatic rings. The number of rotatable bonds is 3. The first-order valence-corrected chi connectivity index (χ1v) is 9.36. The largest absolute Gasteiger partial charge is 0.444 e. The van der Waals surface area contributed by atoms with Crippen LogP contribution in [0.4, 0.5) is 4.79 Å². The highest BCUT2D eigenvalue weighted by Gasteiger charge is 2.27. The lowest BCUT2D eigenvalue weighted by Crippen LogP contribution is -2.44. The monoisotopic (exact) mass is 499 g/mol. The SMILES string of the molecule is CN=C(NCc1cc2ccccc2[nH]1)N1CCC(NC(=O)OC(C)(C)C)C1.I. The number of likely N-dealkylation sites (tertiary alicyclic amines) is 1. The van der Waals surface area contributed by atoms with E-state index in [1.165, 1.54) is 5.39 Å². The number of nitrogens with zero attached hydrogens (tertiary/aromatic N) is 2. The van der Waals surface area contributed by atoms with Crippen molar-refractivity contribution in [2.75, 3.05) is 20.1 Å². The predicted molar refractivity (Wildman–Crippen MR) is 123 cm³/mol. The third-order valence-electron chi connectivity index (χ3n) is 4.44. The minimum Gasteiger partial charge on any atom is -0.444 e. The molecule has 0 saturated carbocycles. The molecule has 1 aliphatic rings. The van der Waals surface area contributed by atoms with Gasteiger partial charge in [-0.05, 0) is 44.7 Å². The molecule has 1 amide bonds. The fourth-order valence-corrected chi connectivity index (χ4v) is 3.28. The number of H-pyrrole nitrogens is 1. The molecule has 1 aromatic heterocycles. The maximum atomic E-state index is 12.0. The number of fused-ring (bicyclic) bond motifs is 1. The third kappa shape index (κ3) is 6.02. The molecule has 7 nitrogen and oxygen atoms in total. The van der Waals surface area contributed by atoms with Gasteiger partial charge in [0, 0.05) is 31.3 Å². The van der Waals surface area contributed by atoms with Gasteiger partial charge in [-0.1, -0.05) is 18.2 Å². The van der Waals surface area contributed by atoms with Gasteiger partial charge >= 0.3 is 6.09 Å². The van der Waals surface area contributed by atoms with Crippen molar-refractivity contribution in [3.63, 3.8) is 0 Å². The smallest absolute Gasteiger partial charge is 0.407 e. The second-order valence-electron chi connectivity index (χ2n) is 7.86. The van der Waals surface area contributed by atoms with E-state index in [1.807, 2.05) is 32.9 Å². The Balaban J connectivity index is 0.00000280. The molecule has 1 fully saturated rings. The molecule has 1 unspecified atom stereocenters. The lowest BCUT2D eigenvalue weighted by Gasteiger charge is -2.23. The highest BCUT2D eigenvalue weighted by atomic mass is 127. The van der Waals surface area contributed by atoms with Crippen molar-refractivity contribution >= 4 is 46.9 Å². The quantitative estimate of drug-likeness (QED) is 0.343. The van der Waals surface area contributed by atoms with Gasteiger partial charge in [0.1, 0.15) is 5.60 Å². The van der Waals surface area contributed by atoms with Crippen molar-refractivity contribution in [1.82, 2.24) is 20.5 Å². The number of halogens is 1. The molecule has 0 radical (unpaired) electrons. The third-order valence-corrected chi connectivity index (χ3v) is 4.44. The molecule has 3 N–H and O–H groups in total. The Morgan fingerprint density at radius 1 is 1.36 bits per heavy atom. The summed E-state index contributed by atoms with van der Waals surface area (Å²) in [5, 5.41) is 7.55. The second kappa shape index (κ2) is 9.49. The van der Waals surface area contributed by atoms with E-state index < -0.39 is 5.60 Å². The van der Waals surface area contributed by atoms with Crippen LogP contribution >= 0.6 is 24.0 Å². The van der Waals surface area contributed by atoms with Crippen LogP contribution in [0.3, 0.4) is 0 Å². The number of guanidine groups is 1. The van der Waals surface area contributed by atoms with Crippen molar-refractivity contribution in [1.29, 1.82) is 0 Å². The number of carbonyl (C=O) groups is 1. The number of benzene rings is 1. The van der Waals surface area contributed by atoms with Crippen molar-refractivity contribution in [3.05, 3.63) is 36.0 Å². The van der Waals surface area contributed by atoms with Crippen LogP contribution in [-0.2, 0) is 11.3 Å². The van der Waals surface area contributed by atoms with E-state index in [2.05, 4.69) is 43.7 Å².